The van der Waals surface area contributed by atoms with Crippen LogP contribution >= 0.6 is 0 Å². The van der Waals surface area contributed by atoms with E-state index in [1.807, 2.05) is 0 Å². The molecule has 0 bridgehead atoms. The Labute approximate surface area is 146 Å². The second-order valence-electron chi connectivity index (χ2n) is 11.0. The monoisotopic (exact) mass is 337 g/mol. The topological polar surface area (TPSA) is 62.4 Å². The lowest BCUT2D eigenvalue weighted by Crippen LogP contribution is -2.67. The molecule has 3 N–H and O–H groups in total. The van der Waals surface area contributed by atoms with Crippen LogP contribution in [0.3, 0.4) is 0 Å². The third-order valence-corrected chi connectivity index (χ3v) is 5.41. The third-order valence-electron chi connectivity index (χ3n) is 5.41. The summed E-state index contributed by atoms with van der Waals surface area (Å²) in [5, 5.41) is 10.6. The molecule has 3 aliphatic heterocycles. The Morgan fingerprint density at radius 1 is 0.708 bits per heavy atom. The first-order valence-corrected chi connectivity index (χ1v) is 9.19. The minimum absolute atomic E-state index is 0.0682. The van der Waals surface area contributed by atoms with E-state index in [9.17, 15) is 4.79 Å². The van der Waals surface area contributed by atoms with Gasteiger partial charge in [0.25, 0.3) is 5.91 Å². The molecule has 24 heavy (non-hydrogen) atoms. The average Bonchev–Trinajstić information content (AvgIpc) is 2.38. The van der Waals surface area contributed by atoms with Crippen LogP contribution in [-0.4, -0.2) is 39.4 Å². The van der Waals surface area contributed by atoms with Crippen molar-refractivity contribution in [3.63, 3.8) is 0 Å². The molecule has 0 aliphatic carbocycles. The highest BCUT2D eigenvalue weighted by molar-refractivity contribution is 5.88. The summed E-state index contributed by atoms with van der Waals surface area (Å²) < 4.78 is 6.73. The molecule has 5 heteroatoms. The van der Waals surface area contributed by atoms with Gasteiger partial charge in [-0.15, -0.1) is 0 Å². The maximum atomic E-state index is 13.1. The van der Waals surface area contributed by atoms with Crippen molar-refractivity contribution in [2.24, 2.45) is 0 Å². The maximum Gasteiger partial charge on any atom is 0.254 e. The summed E-state index contributed by atoms with van der Waals surface area (Å²) in [6, 6.07) is 0. The van der Waals surface area contributed by atoms with Crippen LogP contribution in [-0.2, 0) is 9.53 Å². The Balaban J connectivity index is 1.96. The molecule has 5 nitrogen and oxygen atoms in total. The molecule has 3 saturated heterocycles. The van der Waals surface area contributed by atoms with Crippen molar-refractivity contribution in [3.8, 4) is 0 Å². The molecule has 3 fully saturated rings. The summed E-state index contributed by atoms with van der Waals surface area (Å²) in [6.45, 7) is 17.4. The zero-order valence-electron chi connectivity index (χ0n) is 16.6. The second kappa shape index (κ2) is 4.74. The zero-order chi connectivity index (χ0) is 18.2. The predicted octanol–water partition coefficient (Wildman–Crippen LogP) is 2.45. The number of amides is 1. The first kappa shape index (κ1) is 18.2. The van der Waals surface area contributed by atoms with Gasteiger partial charge in [0.15, 0.2) is 5.60 Å². The molecule has 0 unspecified atom stereocenters. The van der Waals surface area contributed by atoms with Gasteiger partial charge in [-0.2, -0.15) is 0 Å². The fraction of sp³-hybridized carbons (Fsp3) is 0.947. The zero-order valence-corrected chi connectivity index (χ0v) is 16.6. The highest BCUT2D eigenvalue weighted by atomic mass is 16.6. The van der Waals surface area contributed by atoms with Crippen molar-refractivity contribution in [1.82, 2.24) is 16.0 Å². The molecule has 3 heterocycles. The van der Waals surface area contributed by atoms with Crippen LogP contribution in [0.25, 0.3) is 0 Å². The van der Waals surface area contributed by atoms with E-state index in [4.69, 9.17) is 4.74 Å². The van der Waals surface area contributed by atoms with E-state index in [0.717, 1.165) is 12.8 Å². The first-order chi connectivity index (χ1) is 10.6. The lowest BCUT2D eigenvalue weighted by molar-refractivity contribution is -0.180. The molecule has 0 saturated carbocycles. The quantitative estimate of drug-likeness (QED) is 0.635. The standard InChI is InChI=1S/C19H35N3O2/c1-14(2)9-18(10-15(3,4)21-14)13(23)20-19(24-18)11-16(5,6)22-17(7,8)12-19/h21-22H,9-12H2,1-8H3,(H,20,23). The molecular formula is C19H35N3O2. The van der Waals surface area contributed by atoms with Gasteiger partial charge in [0.05, 0.1) is 0 Å². The molecule has 2 spiro atoms. The average molecular weight is 338 g/mol. The van der Waals surface area contributed by atoms with Crippen LogP contribution in [0.4, 0.5) is 0 Å². The Morgan fingerprint density at radius 2 is 1.08 bits per heavy atom. The minimum Gasteiger partial charge on any atom is -0.339 e. The van der Waals surface area contributed by atoms with Crippen molar-refractivity contribution >= 4 is 5.91 Å². The van der Waals surface area contributed by atoms with Gasteiger partial charge in [0.2, 0.25) is 0 Å². The number of hydrogen-bond donors (Lipinski definition) is 3. The summed E-state index contributed by atoms with van der Waals surface area (Å²) >= 11 is 0. The SMILES string of the molecule is CC1(C)CC2(CC(C)(C)N1)NC(=O)C1(CC(C)(C)NC(C)(C)C1)O2. The number of ether oxygens (including phenoxy) is 1. The van der Waals surface area contributed by atoms with E-state index in [1.54, 1.807) is 0 Å². The highest BCUT2D eigenvalue weighted by Crippen LogP contribution is 2.49. The lowest BCUT2D eigenvalue weighted by atomic mass is 9.72. The van der Waals surface area contributed by atoms with E-state index >= 15 is 0 Å². The second-order valence-corrected chi connectivity index (χ2v) is 11.0. The Hall–Kier alpha value is -0.650. The van der Waals surface area contributed by atoms with Gasteiger partial charge in [-0.3, -0.25) is 4.79 Å². The van der Waals surface area contributed by atoms with Crippen LogP contribution in [0, 0.1) is 0 Å². The Kier molecular flexibility index (Phi) is 3.59. The van der Waals surface area contributed by atoms with Gasteiger partial charge in [-0.25, -0.2) is 0 Å². The van der Waals surface area contributed by atoms with Crippen molar-refractivity contribution in [3.05, 3.63) is 0 Å². The molecule has 0 aromatic heterocycles. The van der Waals surface area contributed by atoms with Crippen LogP contribution in [0.5, 0.6) is 0 Å². The third kappa shape index (κ3) is 3.23. The number of carbonyl (C=O) groups is 1. The van der Waals surface area contributed by atoms with E-state index in [0.29, 0.717) is 12.8 Å². The van der Waals surface area contributed by atoms with Crippen LogP contribution in [0.2, 0.25) is 0 Å². The number of carbonyl (C=O) groups excluding carboxylic acids is 1. The smallest absolute Gasteiger partial charge is 0.254 e. The number of rotatable bonds is 0. The number of piperidine rings is 2. The Bertz CT molecular complexity index is 531. The summed E-state index contributed by atoms with van der Waals surface area (Å²) in [4.78, 5) is 13.1. The van der Waals surface area contributed by atoms with Crippen LogP contribution in [0.1, 0.15) is 81.1 Å². The molecule has 3 aliphatic rings. The molecule has 0 aromatic carbocycles. The lowest BCUT2D eigenvalue weighted by Gasteiger charge is -2.53. The molecule has 3 rings (SSSR count). The summed E-state index contributed by atoms with van der Waals surface area (Å²) in [7, 11) is 0. The molecule has 1 amide bonds. The largest absolute Gasteiger partial charge is 0.339 e. The van der Waals surface area contributed by atoms with Gasteiger partial charge in [-0.05, 0) is 55.4 Å². The maximum absolute atomic E-state index is 13.1. The highest BCUT2D eigenvalue weighted by Gasteiger charge is 2.64. The number of hydrogen-bond acceptors (Lipinski definition) is 4. The fourth-order valence-electron chi connectivity index (χ4n) is 6.15. The van der Waals surface area contributed by atoms with Crippen molar-refractivity contribution in [2.75, 3.05) is 0 Å². The van der Waals surface area contributed by atoms with E-state index in [2.05, 4.69) is 71.3 Å². The van der Waals surface area contributed by atoms with Crippen molar-refractivity contribution in [2.45, 2.75) is 115 Å². The predicted molar refractivity (Wildman–Crippen MR) is 95.7 cm³/mol. The minimum atomic E-state index is -0.734. The fourth-order valence-corrected chi connectivity index (χ4v) is 6.15. The van der Waals surface area contributed by atoms with Crippen LogP contribution in [0.15, 0.2) is 0 Å². The van der Waals surface area contributed by atoms with E-state index in [-0.39, 0.29) is 28.1 Å². The Morgan fingerprint density at radius 3 is 1.50 bits per heavy atom. The molecule has 138 valence electrons. The van der Waals surface area contributed by atoms with Gasteiger partial charge < -0.3 is 20.7 Å². The molecule has 0 radical (unpaired) electrons. The summed E-state index contributed by atoms with van der Waals surface area (Å²) in [5.41, 5.74) is -1.75. The normalized spacial score (nSPS) is 34.2. The van der Waals surface area contributed by atoms with E-state index in [1.165, 1.54) is 0 Å². The number of nitrogens with one attached hydrogen (secondary N) is 3. The summed E-state index contributed by atoms with van der Waals surface area (Å²) in [6.07, 6.45) is 2.97. The summed E-state index contributed by atoms with van der Waals surface area (Å²) in [5.74, 6) is 0.0682. The molecule has 0 atom stereocenters. The van der Waals surface area contributed by atoms with Crippen molar-refractivity contribution in [1.29, 1.82) is 0 Å². The van der Waals surface area contributed by atoms with Crippen LogP contribution < -0.4 is 16.0 Å². The van der Waals surface area contributed by atoms with Gasteiger partial charge >= 0.3 is 0 Å². The molecular weight excluding hydrogens is 302 g/mol. The van der Waals surface area contributed by atoms with E-state index < -0.39 is 11.3 Å². The van der Waals surface area contributed by atoms with Crippen molar-refractivity contribution < 1.29 is 9.53 Å². The van der Waals surface area contributed by atoms with Gasteiger partial charge in [0.1, 0.15) is 5.72 Å². The van der Waals surface area contributed by atoms with Gasteiger partial charge in [0, 0.05) is 47.8 Å². The van der Waals surface area contributed by atoms with Gasteiger partial charge in [-0.1, -0.05) is 0 Å². The molecule has 0 aromatic rings. The first-order valence-electron chi connectivity index (χ1n) is 9.19.